The number of pyridine rings is 1. The molecule has 1 aliphatic carbocycles. The lowest BCUT2D eigenvalue weighted by Gasteiger charge is -2.36. The minimum atomic E-state index is -0.537. The normalized spacial score (nSPS) is 17.9. The van der Waals surface area contributed by atoms with E-state index in [1.165, 1.54) is 6.92 Å². The Morgan fingerprint density at radius 3 is 1.76 bits per heavy atom. The van der Waals surface area contributed by atoms with Crippen molar-refractivity contribution in [1.82, 2.24) is 5.32 Å². The number of amides is 1. The zero-order chi connectivity index (χ0) is 31.8. The number of carbonyl (C=O) groups excluding carboxylic acids is 2. The van der Waals surface area contributed by atoms with Crippen LogP contribution in [0.2, 0.25) is 0 Å². The SMILES string of the molecule is CCOC(=O)C1=C[C@@H](OC(CC)CC)[C@H](NC(C)=O)[C@@H]([n+]2c(-c3ccccc3)cc(-c3ccccc3)cc2-c2ccccc2)C1. The van der Waals surface area contributed by atoms with Gasteiger partial charge in [0.15, 0.2) is 6.04 Å². The molecule has 6 nitrogen and oxygen atoms in total. The molecule has 0 fully saturated rings. The van der Waals surface area contributed by atoms with Gasteiger partial charge in [-0.25, -0.2) is 4.79 Å². The Morgan fingerprint density at radius 1 is 0.778 bits per heavy atom. The van der Waals surface area contributed by atoms with E-state index in [-0.39, 0.29) is 30.6 Å². The van der Waals surface area contributed by atoms with Crippen LogP contribution < -0.4 is 9.88 Å². The van der Waals surface area contributed by atoms with Gasteiger partial charge in [0.05, 0.1) is 12.7 Å². The Morgan fingerprint density at radius 2 is 1.29 bits per heavy atom. The second-order valence-electron chi connectivity index (χ2n) is 11.4. The molecule has 3 atom stereocenters. The van der Waals surface area contributed by atoms with E-state index in [4.69, 9.17) is 9.47 Å². The number of nitrogens with zero attached hydrogens (tertiary/aromatic N) is 1. The quantitative estimate of drug-likeness (QED) is 0.143. The van der Waals surface area contributed by atoms with E-state index in [1.807, 2.05) is 67.6 Å². The zero-order valence-corrected chi connectivity index (χ0v) is 26.6. The van der Waals surface area contributed by atoms with Crippen molar-refractivity contribution in [1.29, 1.82) is 0 Å². The molecule has 1 aromatic heterocycles. The largest absolute Gasteiger partial charge is 0.463 e. The fourth-order valence-corrected chi connectivity index (χ4v) is 6.23. The van der Waals surface area contributed by atoms with Crippen LogP contribution in [-0.4, -0.2) is 36.7 Å². The molecular weight excluding hydrogens is 560 g/mol. The fourth-order valence-electron chi connectivity index (χ4n) is 6.23. The van der Waals surface area contributed by atoms with Crippen LogP contribution in [0.5, 0.6) is 0 Å². The molecule has 0 bridgehead atoms. The molecule has 0 saturated carbocycles. The first-order valence-electron chi connectivity index (χ1n) is 16.0. The van der Waals surface area contributed by atoms with Crippen molar-refractivity contribution in [2.45, 2.75) is 71.2 Å². The highest BCUT2D eigenvalue weighted by Crippen LogP contribution is 2.36. The molecule has 0 spiro atoms. The molecule has 0 radical (unpaired) electrons. The second kappa shape index (κ2) is 15.0. The van der Waals surface area contributed by atoms with Crippen LogP contribution in [0.3, 0.4) is 0 Å². The van der Waals surface area contributed by atoms with Gasteiger partial charge in [-0.3, -0.25) is 4.79 Å². The maximum absolute atomic E-state index is 13.4. The first-order chi connectivity index (χ1) is 21.9. The second-order valence-corrected chi connectivity index (χ2v) is 11.4. The summed E-state index contributed by atoms with van der Waals surface area (Å²) in [4.78, 5) is 26.2. The predicted molar refractivity (Wildman–Crippen MR) is 178 cm³/mol. The Bertz CT molecular complexity index is 1550. The average molecular weight is 604 g/mol. The van der Waals surface area contributed by atoms with Gasteiger partial charge in [0.25, 0.3) is 0 Å². The van der Waals surface area contributed by atoms with Gasteiger partial charge >= 0.3 is 5.97 Å². The van der Waals surface area contributed by atoms with Crippen molar-refractivity contribution in [3.05, 3.63) is 115 Å². The van der Waals surface area contributed by atoms with Gasteiger partial charge in [-0.05, 0) is 61.2 Å². The average Bonchev–Trinajstić information content (AvgIpc) is 3.08. The maximum atomic E-state index is 13.4. The number of benzene rings is 3. The third kappa shape index (κ3) is 7.40. The first-order valence-corrected chi connectivity index (χ1v) is 16.0. The van der Waals surface area contributed by atoms with Crippen LogP contribution in [0, 0.1) is 0 Å². The number of esters is 1. The van der Waals surface area contributed by atoms with E-state index >= 15 is 0 Å². The van der Waals surface area contributed by atoms with Crippen molar-refractivity contribution >= 4 is 11.9 Å². The molecule has 45 heavy (non-hydrogen) atoms. The molecule has 5 rings (SSSR count). The van der Waals surface area contributed by atoms with E-state index < -0.39 is 12.1 Å². The minimum absolute atomic E-state index is 0.0302. The summed E-state index contributed by atoms with van der Waals surface area (Å²) in [6, 6.07) is 34.5. The molecule has 0 aliphatic heterocycles. The Balaban J connectivity index is 1.82. The highest BCUT2D eigenvalue weighted by atomic mass is 16.5. The van der Waals surface area contributed by atoms with Crippen molar-refractivity contribution in [2.75, 3.05) is 6.61 Å². The van der Waals surface area contributed by atoms with Crippen LogP contribution in [0.25, 0.3) is 33.6 Å². The number of ether oxygens (including phenoxy) is 2. The van der Waals surface area contributed by atoms with Crippen molar-refractivity contribution < 1.29 is 23.6 Å². The Labute approximate surface area is 266 Å². The van der Waals surface area contributed by atoms with Crippen LogP contribution in [-0.2, 0) is 19.1 Å². The standard InChI is InChI=1S/C39H42N2O4/c1-5-33(6-2)45-37-26-32(39(43)44-7-3)25-36(38(37)40-27(4)42)41-34(29-19-13-9-14-20-29)23-31(28-17-11-8-12-18-28)24-35(41)30-21-15-10-16-22-30/h8-24,26,33,36-38H,5-7,25H2,1-4H3/p+1/t36-,37+,38+/m0/s1. The summed E-state index contributed by atoms with van der Waals surface area (Å²) < 4.78 is 14.5. The third-order valence-corrected chi connectivity index (χ3v) is 8.41. The molecule has 232 valence electrons. The molecule has 6 heteroatoms. The van der Waals surface area contributed by atoms with Crippen molar-refractivity contribution in [2.24, 2.45) is 0 Å². The molecule has 0 saturated heterocycles. The Kier molecular flexibility index (Phi) is 10.6. The molecule has 4 aromatic rings. The summed E-state index contributed by atoms with van der Waals surface area (Å²) >= 11 is 0. The lowest BCUT2D eigenvalue weighted by molar-refractivity contribution is -0.706. The smallest absolute Gasteiger partial charge is 0.334 e. The number of carbonyl (C=O) groups is 2. The fraction of sp³-hybridized carbons (Fsp3) is 0.308. The molecule has 1 N–H and O–H groups in total. The summed E-state index contributed by atoms with van der Waals surface area (Å²) in [5, 5.41) is 3.25. The highest BCUT2D eigenvalue weighted by molar-refractivity contribution is 5.89. The van der Waals surface area contributed by atoms with Gasteiger partial charge in [-0.2, -0.15) is 4.57 Å². The summed E-state index contributed by atoms with van der Waals surface area (Å²) in [5.74, 6) is -0.508. The predicted octanol–water partition coefficient (Wildman–Crippen LogP) is 7.49. The molecule has 1 aliphatic rings. The van der Waals surface area contributed by atoms with Gasteiger partial charge in [-0.15, -0.1) is 0 Å². The number of aromatic nitrogens is 1. The van der Waals surface area contributed by atoms with E-state index in [2.05, 4.69) is 72.3 Å². The van der Waals surface area contributed by atoms with Gasteiger partial charge in [-0.1, -0.05) is 80.6 Å². The number of hydrogen-bond donors (Lipinski definition) is 1. The number of hydrogen-bond acceptors (Lipinski definition) is 4. The summed E-state index contributed by atoms with van der Waals surface area (Å²) in [7, 11) is 0. The summed E-state index contributed by atoms with van der Waals surface area (Å²) in [6.07, 6.45) is 3.30. The summed E-state index contributed by atoms with van der Waals surface area (Å²) in [5.41, 5.74) is 6.73. The van der Waals surface area contributed by atoms with Crippen LogP contribution in [0.1, 0.15) is 53.0 Å². The van der Waals surface area contributed by atoms with Crippen LogP contribution >= 0.6 is 0 Å². The molecular formula is C39H43N2O4+. The minimum Gasteiger partial charge on any atom is -0.463 e. The van der Waals surface area contributed by atoms with E-state index in [0.29, 0.717) is 12.0 Å². The monoisotopic (exact) mass is 603 g/mol. The van der Waals surface area contributed by atoms with Crippen molar-refractivity contribution in [3.8, 4) is 33.6 Å². The van der Waals surface area contributed by atoms with Crippen molar-refractivity contribution in [3.63, 3.8) is 0 Å². The molecule has 0 unspecified atom stereocenters. The zero-order valence-electron chi connectivity index (χ0n) is 26.6. The van der Waals surface area contributed by atoms with E-state index in [0.717, 1.165) is 46.5 Å². The summed E-state index contributed by atoms with van der Waals surface area (Å²) in [6.45, 7) is 7.81. The van der Waals surface area contributed by atoms with Gasteiger partial charge in [0, 0.05) is 42.2 Å². The topological polar surface area (TPSA) is 68.5 Å². The van der Waals surface area contributed by atoms with Crippen LogP contribution in [0.15, 0.2) is 115 Å². The third-order valence-electron chi connectivity index (χ3n) is 8.41. The molecule has 3 aromatic carbocycles. The molecule has 1 heterocycles. The number of rotatable bonds is 11. The maximum Gasteiger partial charge on any atom is 0.334 e. The van der Waals surface area contributed by atoms with Crippen LogP contribution in [0.4, 0.5) is 0 Å². The molecule has 1 amide bonds. The van der Waals surface area contributed by atoms with Gasteiger partial charge < -0.3 is 14.8 Å². The number of nitrogens with one attached hydrogen (secondary N) is 1. The van der Waals surface area contributed by atoms with Gasteiger partial charge in [0.1, 0.15) is 12.1 Å². The highest BCUT2D eigenvalue weighted by Gasteiger charge is 2.45. The van der Waals surface area contributed by atoms with Gasteiger partial charge in [0.2, 0.25) is 17.3 Å². The van der Waals surface area contributed by atoms with E-state index in [1.54, 1.807) is 0 Å². The lowest BCUT2D eigenvalue weighted by atomic mass is 9.85. The lowest BCUT2D eigenvalue weighted by Crippen LogP contribution is -2.60. The Hall–Kier alpha value is -4.55. The first kappa shape index (κ1) is 31.9. The van der Waals surface area contributed by atoms with E-state index in [9.17, 15) is 9.59 Å².